The maximum absolute atomic E-state index is 13.5. The number of rotatable bonds is 4. The molecule has 0 aliphatic rings. The smallest absolute Gasteiger partial charge is 0.314 e. The molecule has 0 aliphatic heterocycles. The summed E-state index contributed by atoms with van der Waals surface area (Å²) < 4.78 is 23.7. The highest BCUT2D eigenvalue weighted by Crippen LogP contribution is 2.37. The first-order valence-electron chi connectivity index (χ1n) is 5.57. The van der Waals surface area contributed by atoms with E-state index in [0.29, 0.717) is 5.69 Å². The molecule has 0 radical (unpaired) electrons. The van der Waals surface area contributed by atoms with Crippen molar-refractivity contribution in [2.45, 2.75) is 0 Å². The lowest BCUT2D eigenvalue weighted by atomic mass is 10.2. The van der Waals surface area contributed by atoms with Gasteiger partial charge in [-0.05, 0) is 12.1 Å². The van der Waals surface area contributed by atoms with Gasteiger partial charge in [0.25, 0.3) is 0 Å². The monoisotopic (exact) mass is 278 g/mol. The maximum atomic E-state index is 13.5. The summed E-state index contributed by atoms with van der Waals surface area (Å²) in [5, 5.41) is 10.9. The first-order chi connectivity index (χ1) is 9.52. The van der Waals surface area contributed by atoms with E-state index in [4.69, 9.17) is 15.2 Å². The second kappa shape index (κ2) is 5.43. The molecule has 0 aliphatic carbocycles. The Hall–Kier alpha value is -2.83. The molecule has 0 aromatic heterocycles. The van der Waals surface area contributed by atoms with E-state index in [1.165, 1.54) is 7.11 Å². The Kier molecular flexibility index (Phi) is 3.69. The van der Waals surface area contributed by atoms with Gasteiger partial charge in [0.05, 0.1) is 23.8 Å². The van der Waals surface area contributed by atoms with Crippen LogP contribution in [0.25, 0.3) is 0 Å². The van der Waals surface area contributed by atoms with E-state index in [1.807, 2.05) is 0 Å². The van der Waals surface area contributed by atoms with Gasteiger partial charge < -0.3 is 15.2 Å². The van der Waals surface area contributed by atoms with E-state index in [2.05, 4.69) is 0 Å². The molecule has 2 rings (SSSR count). The number of anilines is 1. The zero-order valence-corrected chi connectivity index (χ0v) is 10.5. The molecule has 0 spiro atoms. The molecule has 0 atom stereocenters. The van der Waals surface area contributed by atoms with Crippen LogP contribution in [0.5, 0.6) is 17.2 Å². The summed E-state index contributed by atoms with van der Waals surface area (Å²) in [5.74, 6) is -0.900. The molecular formula is C13H11FN2O4. The van der Waals surface area contributed by atoms with Gasteiger partial charge in [0, 0.05) is 6.07 Å². The predicted molar refractivity (Wildman–Crippen MR) is 70.5 cm³/mol. The summed E-state index contributed by atoms with van der Waals surface area (Å²) >= 11 is 0. The predicted octanol–water partition coefficient (Wildman–Crippen LogP) is 3.12. The summed E-state index contributed by atoms with van der Waals surface area (Å²) in [6.45, 7) is 0. The highest BCUT2D eigenvalue weighted by atomic mass is 19.1. The van der Waals surface area contributed by atoms with Gasteiger partial charge in [0.2, 0.25) is 5.75 Å². The third kappa shape index (κ3) is 2.61. The summed E-state index contributed by atoms with van der Waals surface area (Å²) in [5.41, 5.74) is 5.50. The first-order valence-corrected chi connectivity index (χ1v) is 5.57. The van der Waals surface area contributed by atoms with Gasteiger partial charge in [0.15, 0.2) is 17.3 Å². The number of hydrogen-bond acceptors (Lipinski definition) is 5. The van der Waals surface area contributed by atoms with Gasteiger partial charge >= 0.3 is 5.69 Å². The zero-order valence-electron chi connectivity index (χ0n) is 10.5. The SMILES string of the molecule is COc1cc(Oc2ccccc2N)c([N+](=O)[O-])cc1F. The molecule has 2 aromatic carbocycles. The molecule has 0 unspecified atom stereocenters. The van der Waals surface area contributed by atoms with Crippen molar-refractivity contribution in [3.8, 4) is 17.2 Å². The van der Waals surface area contributed by atoms with Crippen LogP contribution in [0.4, 0.5) is 15.8 Å². The number of benzene rings is 2. The molecule has 0 bridgehead atoms. The molecular weight excluding hydrogens is 267 g/mol. The number of nitro groups is 1. The van der Waals surface area contributed by atoms with Crippen LogP contribution < -0.4 is 15.2 Å². The van der Waals surface area contributed by atoms with Crippen LogP contribution in [0.3, 0.4) is 0 Å². The fourth-order valence-electron chi connectivity index (χ4n) is 1.60. The number of nitrogens with zero attached hydrogens (tertiary/aromatic N) is 1. The van der Waals surface area contributed by atoms with E-state index in [0.717, 1.165) is 12.1 Å². The average molecular weight is 278 g/mol. The summed E-state index contributed by atoms with van der Waals surface area (Å²) in [4.78, 5) is 10.2. The van der Waals surface area contributed by atoms with Crippen molar-refractivity contribution in [3.05, 3.63) is 52.3 Å². The van der Waals surface area contributed by atoms with Crippen LogP contribution in [0.2, 0.25) is 0 Å². The molecule has 7 heteroatoms. The second-order valence-corrected chi connectivity index (χ2v) is 3.85. The van der Waals surface area contributed by atoms with Gasteiger partial charge in [-0.15, -0.1) is 0 Å². The Morgan fingerprint density at radius 1 is 1.20 bits per heavy atom. The summed E-state index contributed by atoms with van der Waals surface area (Å²) in [6.07, 6.45) is 0. The van der Waals surface area contributed by atoms with Gasteiger partial charge in [-0.25, -0.2) is 4.39 Å². The molecule has 0 amide bonds. The summed E-state index contributed by atoms with van der Waals surface area (Å²) in [7, 11) is 1.25. The van der Waals surface area contributed by atoms with Crippen molar-refractivity contribution < 1.29 is 18.8 Å². The maximum Gasteiger partial charge on any atom is 0.314 e. The van der Waals surface area contributed by atoms with E-state index < -0.39 is 16.4 Å². The van der Waals surface area contributed by atoms with Gasteiger partial charge in [-0.1, -0.05) is 12.1 Å². The standard InChI is InChI=1S/C13H11FN2O4/c1-19-12-7-13(10(16(17)18)6-8(12)14)20-11-5-3-2-4-9(11)15/h2-7H,15H2,1H3. The van der Waals surface area contributed by atoms with Crippen molar-refractivity contribution in [3.63, 3.8) is 0 Å². The number of hydrogen-bond donors (Lipinski definition) is 1. The number of methoxy groups -OCH3 is 1. The fraction of sp³-hybridized carbons (Fsp3) is 0.0769. The molecule has 0 heterocycles. The minimum absolute atomic E-state index is 0.147. The molecule has 2 aromatic rings. The first kappa shape index (κ1) is 13.6. The van der Waals surface area contributed by atoms with Crippen LogP contribution in [-0.4, -0.2) is 12.0 Å². The second-order valence-electron chi connectivity index (χ2n) is 3.85. The van der Waals surface area contributed by atoms with E-state index >= 15 is 0 Å². The lowest BCUT2D eigenvalue weighted by Crippen LogP contribution is -1.98. The molecule has 0 saturated heterocycles. The third-order valence-electron chi connectivity index (χ3n) is 2.57. The van der Waals surface area contributed by atoms with Gasteiger partial charge in [-0.3, -0.25) is 10.1 Å². The van der Waals surface area contributed by atoms with Crippen LogP contribution in [0.1, 0.15) is 0 Å². The van der Waals surface area contributed by atoms with Crippen LogP contribution >= 0.6 is 0 Å². The fourth-order valence-corrected chi connectivity index (χ4v) is 1.60. The number of halogens is 1. The molecule has 6 nitrogen and oxygen atoms in total. The topological polar surface area (TPSA) is 87.6 Å². The Bertz CT molecular complexity index is 661. The minimum atomic E-state index is -0.840. The molecule has 20 heavy (non-hydrogen) atoms. The quantitative estimate of drug-likeness (QED) is 0.527. The number of ether oxygens (including phenoxy) is 2. The number of para-hydroxylation sites is 2. The van der Waals surface area contributed by atoms with Crippen molar-refractivity contribution >= 4 is 11.4 Å². The summed E-state index contributed by atoms with van der Waals surface area (Å²) in [6, 6.07) is 8.35. The van der Waals surface area contributed by atoms with E-state index in [-0.39, 0.29) is 17.2 Å². The van der Waals surface area contributed by atoms with Crippen LogP contribution in [0, 0.1) is 15.9 Å². The van der Waals surface area contributed by atoms with Crippen LogP contribution in [0.15, 0.2) is 36.4 Å². The van der Waals surface area contributed by atoms with E-state index in [1.54, 1.807) is 24.3 Å². The minimum Gasteiger partial charge on any atom is -0.494 e. The Morgan fingerprint density at radius 3 is 2.50 bits per heavy atom. The largest absolute Gasteiger partial charge is 0.494 e. The highest BCUT2D eigenvalue weighted by Gasteiger charge is 2.21. The van der Waals surface area contributed by atoms with Crippen molar-refractivity contribution in [1.82, 2.24) is 0 Å². The molecule has 104 valence electrons. The number of nitrogens with two attached hydrogens (primary N) is 1. The Morgan fingerprint density at radius 2 is 1.90 bits per heavy atom. The number of nitrogen functional groups attached to an aromatic ring is 1. The number of nitro benzene ring substituents is 1. The van der Waals surface area contributed by atoms with E-state index in [9.17, 15) is 14.5 Å². The lowest BCUT2D eigenvalue weighted by Gasteiger charge is -2.10. The zero-order chi connectivity index (χ0) is 14.7. The van der Waals surface area contributed by atoms with Crippen LogP contribution in [-0.2, 0) is 0 Å². The Balaban J connectivity index is 2.49. The molecule has 2 N–H and O–H groups in total. The lowest BCUT2D eigenvalue weighted by molar-refractivity contribution is -0.385. The molecule has 0 saturated carbocycles. The van der Waals surface area contributed by atoms with Crippen molar-refractivity contribution in [2.75, 3.05) is 12.8 Å². The Labute approximate surface area is 113 Å². The van der Waals surface area contributed by atoms with Crippen molar-refractivity contribution in [2.24, 2.45) is 0 Å². The highest BCUT2D eigenvalue weighted by molar-refractivity contribution is 5.58. The average Bonchev–Trinajstić information content (AvgIpc) is 2.42. The van der Waals surface area contributed by atoms with Gasteiger partial charge in [0.1, 0.15) is 0 Å². The van der Waals surface area contributed by atoms with Gasteiger partial charge in [-0.2, -0.15) is 0 Å². The third-order valence-corrected chi connectivity index (χ3v) is 2.57. The van der Waals surface area contributed by atoms with Crippen molar-refractivity contribution in [1.29, 1.82) is 0 Å². The normalized spacial score (nSPS) is 10.1. The molecule has 0 fully saturated rings.